The largest absolute Gasteiger partial charge is 0.573 e. The van der Waals surface area contributed by atoms with Gasteiger partial charge in [-0.25, -0.2) is 26.4 Å². The fourth-order valence-corrected chi connectivity index (χ4v) is 7.40. The van der Waals surface area contributed by atoms with E-state index in [1.54, 1.807) is 4.90 Å². The number of piperidine rings is 1. The van der Waals surface area contributed by atoms with Crippen LogP contribution in [0.15, 0.2) is 38.8 Å². The van der Waals surface area contributed by atoms with Crippen molar-refractivity contribution in [3.05, 3.63) is 66.3 Å². The minimum atomic E-state index is -5.17. The first-order chi connectivity index (χ1) is 19.9. The SMILES string of the molecule is CCS(=O)(=O)c1ccc(Cl)cc1Cn1c(=O)[nH]c2c(Cl)c(CN3CCCC(NS(C)(=O)=O)C3)c(OC(F)(F)F)cc2c1=O. The first-order valence-electron chi connectivity index (χ1n) is 12.8. The van der Waals surface area contributed by atoms with Gasteiger partial charge in [0.05, 0.1) is 39.4 Å². The van der Waals surface area contributed by atoms with Gasteiger partial charge in [-0.1, -0.05) is 30.1 Å². The molecule has 1 aliphatic heterocycles. The molecule has 2 aromatic carbocycles. The second-order valence-electron chi connectivity index (χ2n) is 10.1. The van der Waals surface area contributed by atoms with E-state index in [-0.39, 0.29) is 50.4 Å². The molecule has 1 atom stereocenters. The molecule has 4 rings (SSSR count). The van der Waals surface area contributed by atoms with Crippen molar-refractivity contribution in [1.29, 1.82) is 0 Å². The van der Waals surface area contributed by atoms with Crippen LogP contribution >= 0.6 is 23.2 Å². The standard InChI is InChI=1S/C25H27Cl2F3N4O7S2/c1-3-43(39,40)20-7-6-15(26)9-14(20)11-34-23(35)17-10-19(41-25(28,29)30)18(21(27)22(17)31-24(34)36)13-33-8-4-5-16(12-33)32-42(2,37)38/h6-7,9-10,16,32H,3-5,8,11-13H2,1-2H3,(H,31,36). The number of nitrogens with zero attached hydrogens (tertiary/aromatic N) is 2. The molecule has 1 unspecified atom stereocenters. The number of sulfone groups is 1. The van der Waals surface area contributed by atoms with Gasteiger partial charge in [-0.15, -0.1) is 13.2 Å². The number of H-pyrrole nitrogens is 1. The lowest BCUT2D eigenvalue weighted by atomic mass is 10.0. The predicted molar refractivity (Wildman–Crippen MR) is 155 cm³/mol. The molecule has 1 aliphatic rings. The summed E-state index contributed by atoms with van der Waals surface area (Å²) in [5.41, 5.74) is -2.43. The van der Waals surface area contributed by atoms with E-state index in [1.807, 2.05) is 0 Å². The number of hydrogen-bond acceptors (Lipinski definition) is 8. The Kier molecular flexibility index (Phi) is 9.59. The summed E-state index contributed by atoms with van der Waals surface area (Å²) < 4.78 is 96.4. The Bertz CT molecular complexity index is 1900. The van der Waals surface area contributed by atoms with Crippen molar-refractivity contribution in [1.82, 2.24) is 19.2 Å². The first kappa shape index (κ1) is 33.3. The number of alkyl halides is 3. The van der Waals surface area contributed by atoms with Gasteiger partial charge in [0.25, 0.3) is 5.56 Å². The summed E-state index contributed by atoms with van der Waals surface area (Å²) in [5, 5.41) is -0.645. The molecule has 0 bridgehead atoms. The lowest BCUT2D eigenvalue weighted by molar-refractivity contribution is -0.274. The van der Waals surface area contributed by atoms with Crippen LogP contribution in [0.1, 0.15) is 30.9 Å². The van der Waals surface area contributed by atoms with Crippen molar-refractivity contribution < 1.29 is 34.7 Å². The first-order valence-corrected chi connectivity index (χ1v) is 17.1. The van der Waals surface area contributed by atoms with Crippen LogP contribution in [-0.4, -0.2) is 68.8 Å². The molecule has 0 aliphatic carbocycles. The number of halogens is 5. The third-order valence-electron chi connectivity index (χ3n) is 6.84. The number of nitrogens with one attached hydrogen (secondary N) is 2. The number of aromatic nitrogens is 2. The van der Waals surface area contributed by atoms with Crippen LogP contribution in [0, 0.1) is 0 Å². The van der Waals surface area contributed by atoms with Crippen LogP contribution in [-0.2, 0) is 33.0 Å². The van der Waals surface area contributed by atoms with Crippen molar-refractivity contribution in [2.75, 3.05) is 25.1 Å². The van der Waals surface area contributed by atoms with Gasteiger partial charge in [0.15, 0.2) is 9.84 Å². The number of benzene rings is 2. The molecule has 43 heavy (non-hydrogen) atoms. The maximum absolute atomic E-state index is 13.5. The number of likely N-dealkylation sites (tertiary alicyclic amines) is 1. The average molecular weight is 688 g/mol. The van der Waals surface area contributed by atoms with Crippen molar-refractivity contribution in [3.8, 4) is 5.75 Å². The molecule has 2 N–H and O–H groups in total. The van der Waals surface area contributed by atoms with E-state index in [2.05, 4.69) is 14.4 Å². The monoisotopic (exact) mass is 686 g/mol. The topological polar surface area (TPSA) is 148 Å². The van der Waals surface area contributed by atoms with Crippen molar-refractivity contribution in [2.24, 2.45) is 0 Å². The summed E-state index contributed by atoms with van der Waals surface area (Å²) in [6, 6.07) is 4.18. The Morgan fingerprint density at radius 1 is 1.12 bits per heavy atom. The number of hydrogen-bond donors (Lipinski definition) is 2. The van der Waals surface area contributed by atoms with Gasteiger partial charge in [-0.2, -0.15) is 0 Å². The molecule has 3 aromatic rings. The zero-order valence-corrected chi connectivity index (χ0v) is 25.9. The molecule has 1 aromatic heterocycles. The maximum Gasteiger partial charge on any atom is 0.573 e. The number of fused-ring (bicyclic) bond motifs is 1. The summed E-state index contributed by atoms with van der Waals surface area (Å²) in [5.74, 6) is -1.06. The van der Waals surface area contributed by atoms with Crippen molar-refractivity contribution in [3.63, 3.8) is 0 Å². The highest BCUT2D eigenvalue weighted by atomic mass is 35.5. The van der Waals surface area contributed by atoms with Gasteiger partial charge in [0.1, 0.15) is 5.75 Å². The molecule has 18 heteroatoms. The normalized spacial score (nSPS) is 17.0. The Morgan fingerprint density at radius 2 is 1.81 bits per heavy atom. The fraction of sp³-hybridized carbons (Fsp3) is 0.440. The summed E-state index contributed by atoms with van der Waals surface area (Å²) >= 11 is 12.6. The fourth-order valence-electron chi connectivity index (χ4n) is 5.00. The quantitative estimate of drug-likeness (QED) is 0.349. The van der Waals surface area contributed by atoms with Gasteiger partial charge in [0, 0.05) is 29.7 Å². The Labute approximate surface area is 254 Å². The second kappa shape index (κ2) is 12.4. The molecular formula is C25H27Cl2F3N4O7S2. The Morgan fingerprint density at radius 3 is 2.44 bits per heavy atom. The van der Waals surface area contributed by atoms with Crippen LogP contribution in [0.4, 0.5) is 13.2 Å². The highest BCUT2D eigenvalue weighted by Gasteiger charge is 2.34. The van der Waals surface area contributed by atoms with E-state index in [0.717, 1.165) is 12.3 Å². The molecule has 1 fully saturated rings. The number of rotatable bonds is 9. The number of sulfonamides is 1. The van der Waals surface area contributed by atoms with Crippen molar-refractivity contribution >= 4 is 54.0 Å². The van der Waals surface area contributed by atoms with Crippen molar-refractivity contribution in [2.45, 2.75) is 50.2 Å². The Hall–Kier alpha value is -2.63. The molecule has 0 radical (unpaired) electrons. The zero-order valence-electron chi connectivity index (χ0n) is 22.8. The molecule has 236 valence electrons. The molecule has 1 saturated heterocycles. The molecule has 11 nitrogen and oxygen atoms in total. The lowest BCUT2D eigenvalue weighted by Gasteiger charge is -2.33. The maximum atomic E-state index is 13.5. The minimum Gasteiger partial charge on any atom is -0.405 e. The van der Waals surface area contributed by atoms with Gasteiger partial charge in [-0.05, 0) is 49.2 Å². The van der Waals surface area contributed by atoms with Crippen LogP contribution < -0.4 is 20.7 Å². The van der Waals surface area contributed by atoms with E-state index < -0.39 is 61.2 Å². The second-order valence-corrected chi connectivity index (χ2v) is 14.9. The van der Waals surface area contributed by atoms with Crippen LogP contribution in [0.2, 0.25) is 10.0 Å². The van der Waals surface area contributed by atoms with Gasteiger partial charge >= 0.3 is 12.1 Å². The highest BCUT2D eigenvalue weighted by molar-refractivity contribution is 7.91. The molecule has 2 heterocycles. The summed E-state index contributed by atoms with van der Waals surface area (Å²) in [6.07, 6.45) is -3.11. The van der Waals surface area contributed by atoms with Gasteiger partial charge < -0.3 is 9.72 Å². The summed E-state index contributed by atoms with van der Waals surface area (Å²) in [4.78, 5) is 30.5. The third kappa shape index (κ3) is 7.91. The van der Waals surface area contributed by atoms with Gasteiger partial charge in [-0.3, -0.25) is 14.3 Å². The number of ether oxygens (including phenoxy) is 1. The Balaban J connectivity index is 1.83. The summed E-state index contributed by atoms with van der Waals surface area (Å²) in [6.45, 7) is 1.21. The molecular weight excluding hydrogens is 660 g/mol. The molecule has 0 amide bonds. The van der Waals surface area contributed by atoms with E-state index in [0.29, 0.717) is 24.0 Å². The predicted octanol–water partition coefficient (Wildman–Crippen LogP) is 3.25. The minimum absolute atomic E-state index is 0.0261. The van der Waals surface area contributed by atoms with E-state index in [1.165, 1.54) is 25.1 Å². The van der Waals surface area contributed by atoms with Crippen LogP contribution in [0.25, 0.3) is 10.9 Å². The molecule has 0 saturated carbocycles. The van der Waals surface area contributed by atoms with Crippen LogP contribution in [0.5, 0.6) is 5.75 Å². The third-order valence-corrected chi connectivity index (χ3v) is 10.1. The lowest BCUT2D eigenvalue weighted by Crippen LogP contribution is -2.47. The van der Waals surface area contributed by atoms with Crippen LogP contribution in [0.3, 0.4) is 0 Å². The highest BCUT2D eigenvalue weighted by Crippen LogP contribution is 2.37. The zero-order chi connectivity index (χ0) is 31.9. The summed E-state index contributed by atoms with van der Waals surface area (Å²) in [7, 11) is -7.33. The number of aromatic amines is 1. The molecule has 0 spiro atoms. The smallest absolute Gasteiger partial charge is 0.405 e. The van der Waals surface area contributed by atoms with E-state index >= 15 is 0 Å². The van der Waals surface area contributed by atoms with E-state index in [9.17, 15) is 39.6 Å². The average Bonchev–Trinajstić information content (AvgIpc) is 2.88. The van der Waals surface area contributed by atoms with Gasteiger partial charge in [0.2, 0.25) is 10.0 Å². The van der Waals surface area contributed by atoms with E-state index in [4.69, 9.17) is 23.2 Å².